The fraction of sp³-hybridized carbons (Fsp3) is 0.455. The van der Waals surface area contributed by atoms with Crippen molar-refractivity contribution in [2.75, 3.05) is 38.3 Å². The summed E-state index contributed by atoms with van der Waals surface area (Å²) in [5.74, 6) is 0.794. The zero-order valence-corrected chi connectivity index (χ0v) is 10.6. The number of hydrogen-bond donors (Lipinski definition) is 2. The van der Waals surface area contributed by atoms with Crippen molar-refractivity contribution in [1.29, 1.82) is 0 Å². The monoisotopic (exact) mass is 255 g/mol. The first-order chi connectivity index (χ1) is 8.15. The van der Waals surface area contributed by atoms with Gasteiger partial charge in [0.2, 0.25) is 0 Å². The molecule has 0 fully saturated rings. The standard InChI is InChI=1S/C11H17N3O2S/c1-14(5-7-16-8-6-15)10-4-2-3-9(13-10)11(12)17/h2-4,15H,5-8H2,1H3,(H2,12,17). The summed E-state index contributed by atoms with van der Waals surface area (Å²) in [6, 6.07) is 5.53. The van der Waals surface area contributed by atoms with Crippen molar-refractivity contribution in [3.63, 3.8) is 0 Å². The van der Waals surface area contributed by atoms with Crippen molar-refractivity contribution in [3.8, 4) is 0 Å². The Morgan fingerprint density at radius 1 is 1.53 bits per heavy atom. The van der Waals surface area contributed by atoms with Crippen LogP contribution in [0.25, 0.3) is 0 Å². The summed E-state index contributed by atoms with van der Waals surface area (Å²) in [6.45, 7) is 1.62. The molecule has 0 spiro atoms. The van der Waals surface area contributed by atoms with E-state index < -0.39 is 0 Å². The summed E-state index contributed by atoms with van der Waals surface area (Å²) < 4.78 is 5.18. The van der Waals surface area contributed by atoms with Crippen LogP contribution in [0.5, 0.6) is 0 Å². The smallest absolute Gasteiger partial charge is 0.129 e. The number of rotatable bonds is 7. The van der Waals surface area contributed by atoms with Gasteiger partial charge in [-0.2, -0.15) is 0 Å². The van der Waals surface area contributed by atoms with Crippen LogP contribution in [0.1, 0.15) is 5.69 Å². The minimum absolute atomic E-state index is 0.0406. The number of aliphatic hydroxyl groups excluding tert-OH is 1. The van der Waals surface area contributed by atoms with E-state index in [1.165, 1.54) is 0 Å². The molecule has 0 aliphatic carbocycles. The molecule has 0 radical (unpaired) electrons. The number of pyridine rings is 1. The molecule has 0 aliphatic heterocycles. The summed E-state index contributed by atoms with van der Waals surface area (Å²) in [6.07, 6.45) is 0. The van der Waals surface area contributed by atoms with Crippen molar-refractivity contribution in [2.24, 2.45) is 5.73 Å². The Labute approximate surface area is 106 Å². The van der Waals surface area contributed by atoms with Gasteiger partial charge >= 0.3 is 0 Å². The van der Waals surface area contributed by atoms with Gasteiger partial charge in [-0.15, -0.1) is 0 Å². The van der Waals surface area contributed by atoms with Crippen LogP contribution in [0.15, 0.2) is 18.2 Å². The van der Waals surface area contributed by atoms with Gasteiger partial charge in [-0.05, 0) is 12.1 Å². The predicted octanol–water partition coefficient (Wildman–Crippen LogP) is 0.161. The second-order valence-electron chi connectivity index (χ2n) is 3.50. The molecule has 6 heteroatoms. The highest BCUT2D eigenvalue weighted by Gasteiger charge is 2.04. The molecular formula is C11H17N3O2S. The molecule has 0 bridgehead atoms. The van der Waals surface area contributed by atoms with Crippen LogP contribution < -0.4 is 10.6 Å². The molecule has 1 aromatic rings. The third kappa shape index (κ3) is 4.64. The Balaban J connectivity index is 2.53. The van der Waals surface area contributed by atoms with Crippen LogP contribution in [0.4, 0.5) is 5.82 Å². The van der Waals surface area contributed by atoms with Gasteiger partial charge in [0.15, 0.2) is 0 Å². The minimum Gasteiger partial charge on any atom is -0.394 e. The molecular weight excluding hydrogens is 238 g/mol. The second-order valence-corrected chi connectivity index (χ2v) is 3.94. The minimum atomic E-state index is 0.0406. The van der Waals surface area contributed by atoms with Crippen LogP contribution in [-0.4, -0.2) is 48.5 Å². The number of thiocarbonyl (C=S) groups is 1. The van der Waals surface area contributed by atoms with Crippen molar-refractivity contribution in [2.45, 2.75) is 0 Å². The van der Waals surface area contributed by atoms with Gasteiger partial charge in [-0.1, -0.05) is 18.3 Å². The van der Waals surface area contributed by atoms with Gasteiger partial charge in [0, 0.05) is 13.6 Å². The number of aliphatic hydroxyl groups is 1. The van der Waals surface area contributed by atoms with E-state index in [0.29, 0.717) is 25.5 Å². The molecule has 3 N–H and O–H groups in total. The lowest BCUT2D eigenvalue weighted by molar-refractivity contribution is 0.0970. The van der Waals surface area contributed by atoms with Crippen LogP contribution in [0.2, 0.25) is 0 Å². The maximum absolute atomic E-state index is 8.57. The topological polar surface area (TPSA) is 71.6 Å². The Bertz CT molecular complexity index is 373. The molecule has 0 atom stereocenters. The summed E-state index contributed by atoms with van der Waals surface area (Å²) in [5.41, 5.74) is 6.13. The molecule has 1 rings (SSSR count). The van der Waals surface area contributed by atoms with Crippen molar-refractivity contribution >= 4 is 23.0 Å². The lowest BCUT2D eigenvalue weighted by atomic mass is 10.3. The molecule has 0 amide bonds. The molecule has 1 heterocycles. The van der Waals surface area contributed by atoms with E-state index in [1.807, 2.05) is 24.1 Å². The fourth-order valence-corrected chi connectivity index (χ4v) is 1.37. The number of hydrogen-bond acceptors (Lipinski definition) is 5. The maximum atomic E-state index is 8.57. The molecule has 1 aromatic heterocycles. The van der Waals surface area contributed by atoms with Crippen molar-refractivity contribution < 1.29 is 9.84 Å². The SMILES string of the molecule is CN(CCOCCO)c1cccc(C(N)=S)n1. The van der Waals surface area contributed by atoms with E-state index in [1.54, 1.807) is 6.07 Å². The van der Waals surface area contributed by atoms with E-state index in [0.717, 1.165) is 5.82 Å². The highest BCUT2D eigenvalue weighted by Crippen LogP contribution is 2.09. The first-order valence-corrected chi connectivity index (χ1v) is 5.72. The Hall–Kier alpha value is -1.24. The lowest BCUT2D eigenvalue weighted by Gasteiger charge is -2.18. The van der Waals surface area contributed by atoms with E-state index in [-0.39, 0.29) is 11.6 Å². The molecule has 0 unspecified atom stereocenters. The number of likely N-dealkylation sites (N-methyl/N-ethyl adjacent to an activating group) is 1. The molecule has 5 nitrogen and oxygen atoms in total. The average molecular weight is 255 g/mol. The molecule has 17 heavy (non-hydrogen) atoms. The zero-order valence-electron chi connectivity index (χ0n) is 9.80. The van der Waals surface area contributed by atoms with Crippen molar-refractivity contribution in [3.05, 3.63) is 23.9 Å². The Morgan fingerprint density at radius 2 is 2.29 bits per heavy atom. The lowest BCUT2D eigenvalue weighted by Crippen LogP contribution is -2.25. The van der Waals surface area contributed by atoms with Crippen LogP contribution >= 0.6 is 12.2 Å². The normalized spacial score (nSPS) is 10.2. The summed E-state index contributed by atoms with van der Waals surface area (Å²) in [4.78, 5) is 6.56. The third-order valence-corrected chi connectivity index (χ3v) is 2.39. The average Bonchev–Trinajstić information content (AvgIpc) is 2.34. The molecule has 0 aliphatic rings. The van der Waals surface area contributed by atoms with Gasteiger partial charge < -0.3 is 20.5 Å². The molecule has 0 aromatic carbocycles. The summed E-state index contributed by atoms with van der Waals surface area (Å²) >= 11 is 4.87. The van der Waals surface area contributed by atoms with Crippen LogP contribution in [0, 0.1) is 0 Å². The van der Waals surface area contributed by atoms with Gasteiger partial charge in [0.05, 0.1) is 25.5 Å². The number of nitrogens with zero attached hydrogens (tertiary/aromatic N) is 2. The molecule has 0 saturated heterocycles. The first kappa shape index (κ1) is 13.8. The Kier molecular flexibility index (Phi) is 5.82. The van der Waals surface area contributed by atoms with E-state index in [2.05, 4.69) is 4.98 Å². The van der Waals surface area contributed by atoms with E-state index >= 15 is 0 Å². The van der Waals surface area contributed by atoms with E-state index in [9.17, 15) is 0 Å². The largest absolute Gasteiger partial charge is 0.394 e. The Morgan fingerprint density at radius 3 is 2.94 bits per heavy atom. The quantitative estimate of drug-likeness (QED) is 0.534. The second kappa shape index (κ2) is 7.16. The van der Waals surface area contributed by atoms with Crippen LogP contribution in [-0.2, 0) is 4.74 Å². The fourth-order valence-electron chi connectivity index (χ4n) is 1.26. The van der Waals surface area contributed by atoms with Gasteiger partial charge in [0.1, 0.15) is 10.8 Å². The van der Waals surface area contributed by atoms with Crippen LogP contribution in [0.3, 0.4) is 0 Å². The highest BCUT2D eigenvalue weighted by molar-refractivity contribution is 7.80. The summed E-state index contributed by atoms with van der Waals surface area (Å²) in [5, 5.41) is 8.57. The van der Waals surface area contributed by atoms with Crippen molar-refractivity contribution in [1.82, 2.24) is 4.98 Å². The van der Waals surface area contributed by atoms with E-state index in [4.69, 9.17) is 27.8 Å². The highest BCUT2D eigenvalue weighted by atomic mass is 32.1. The number of nitrogens with two attached hydrogens (primary N) is 1. The van der Waals surface area contributed by atoms with Gasteiger partial charge in [-0.3, -0.25) is 0 Å². The van der Waals surface area contributed by atoms with Gasteiger partial charge in [-0.25, -0.2) is 4.98 Å². The zero-order chi connectivity index (χ0) is 12.7. The molecule has 0 saturated carbocycles. The number of ether oxygens (including phenoxy) is 1. The van der Waals surface area contributed by atoms with Gasteiger partial charge in [0.25, 0.3) is 0 Å². The first-order valence-electron chi connectivity index (χ1n) is 5.31. The number of aromatic nitrogens is 1. The summed E-state index contributed by atoms with van der Waals surface area (Å²) in [7, 11) is 1.91. The third-order valence-electron chi connectivity index (χ3n) is 2.18. The molecule has 94 valence electrons. The maximum Gasteiger partial charge on any atom is 0.129 e. The number of anilines is 1. The predicted molar refractivity (Wildman–Crippen MR) is 71.3 cm³/mol.